The van der Waals surface area contributed by atoms with Crippen LogP contribution in [0.5, 0.6) is 5.75 Å². The highest BCUT2D eigenvalue weighted by Gasteiger charge is 2.20. The predicted octanol–water partition coefficient (Wildman–Crippen LogP) is 5.42. The molecule has 0 atom stereocenters. The van der Waals surface area contributed by atoms with Gasteiger partial charge in [0.15, 0.2) is 11.4 Å². The minimum atomic E-state index is -0.300. The van der Waals surface area contributed by atoms with Gasteiger partial charge in [-0.2, -0.15) is 0 Å². The van der Waals surface area contributed by atoms with Crippen LogP contribution in [0.1, 0.15) is 31.5 Å². The summed E-state index contributed by atoms with van der Waals surface area (Å²) in [5.74, 6) is 0.314. The molecule has 3 aromatic rings. The number of rotatable bonds is 8. The highest BCUT2D eigenvalue weighted by molar-refractivity contribution is 9.10. The maximum absolute atomic E-state index is 12.6. The van der Waals surface area contributed by atoms with Gasteiger partial charge in [0.05, 0.1) is 22.9 Å². The lowest BCUT2D eigenvalue weighted by molar-refractivity contribution is -0.125. The molecule has 0 aliphatic rings. The van der Waals surface area contributed by atoms with Crippen molar-refractivity contribution < 1.29 is 14.3 Å². The van der Waals surface area contributed by atoms with Gasteiger partial charge in [0.2, 0.25) is 11.8 Å². The Hall–Kier alpha value is -2.29. The molecule has 176 valence electrons. The Labute approximate surface area is 211 Å². The molecule has 0 bridgehead atoms. The number of benzene rings is 1. The number of carbonyl (C=O) groups excluding carboxylic acids is 2. The van der Waals surface area contributed by atoms with E-state index in [2.05, 4.69) is 26.2 Å². The molecule has 0 aliphatic heterocycles. The monoisotopic (exact) mass is 554 g/mol. The minimum absolute atomic E-state index is 0.0852. The number of nitrogens with one attached hydrogen (secondary N) is 1. The number of aromatic nitrogens is 2. The first-order valence-electron chi connectivity index (χ1n) is 10.4. The van der Waals surface area contributed by atoms with Crippen molar-refractivity contribution in [1.29, 1.82) is 0 Å². The van der Waals surface area contributed by atoms with Gasteiger partial charge in [-0.25, -0.2) is 4.98 Å². The van der Waals surface area contributed by atoms with Crippen LogP contribution in [-0.4, -0.2) is 34.8 Å². The van der Waals surface area contributed by atoms with E-state index < -0.39 is 0 Å². The van der Waals surface area contributed by atoms with Gasteiger partial charge in [0, 0.05) is 30.3 Å². The molecule has 3 rings (SSSR count). The lowest BCUT2D eigenvalue weighted by atomic mass is 10.1. The number of imidazole rings is 1. The molecule has 10 heteroatoms. The second-order valence-electron chi connectivity index (χ2n) is 8.03. The number of amides is 2. The number of aryl methyl sites for hydroxylation is 1. The van der Waals surface area contributed by atoms with Crippen LogP contribution in [0.15, 0.2) is 35.1 Å². The standard InChI is InChI=1S/C23H25BrCl2N4O3/c1-13(2)10-19(31)27-11-20(32)29(4)17-8-7-16(25)15(21(17)26)12-33-18-6-5-9-30-22(24)14(3)28-23(18)30/h5-9,13H,10-12H2,1-4H3,(H,27,31). The van der Waals surface area contributed by atoms with Crippen molar-refractivity contribution in [2.24, 2.45) is 5.92 Å². The van der Waals surface area contributed by atoms with Gasteiger partial charge in [0.25, 0.3) is 0 Å². The number of likely N-dealkylation sites (N-methyl/N-ethyl adjacent to an activating group) is 1. The van der Waals surface area contributed by atoms with Crippen LogP contribution in [0, 0.1) is 12.8 Å². The Balaban J connectivity index is 1.77. The van der Waals surface area contributed by atoms with Crippen LogP contribution >= 0.6 is 39.1 Å². The van der Waals surface area contributed by atoms with E-state index in [0.717, 1.165) is 10.3 Å². The molecule has 1 aromatic carbocycles. The fourth-order valence-corrected chi connectivity index (χ4v) is 4.22. The third kappa shape index (κ3) is 5.80. The van der Waals surface area contributed by atoms with Crippen LogP contribution in [0.25, 0.3) is 5.65 Å². The number of nitrogens with zero attached hydrogens (tertiary/aromatic N) is 3. The molecule has 0 unspecified atom stereocenters. The van der Waals surface area contributed by atoms with E-state index in [9.17, 15) is 9.59 Å². The zero-order valence-electron chi connectivity index (χ0n) is 18.8. The summed E-state index contributed by atoms with van der Waals surface area (Å²) in [5, 5.41) is 3.37. The number of anilines is 1. The van der Waals surface area contributed by atoms with Crippen LogP contribution in [0.4, 0.5) is 5.69 Å². The average Bonchev–Trinajstić information content (AvgIpc) is 3.05. The van der Waals surface area contributed by atoms with Crippen molar-refractivity contribution >= 4 is 62.3 Å². The zero-order chi connectivity index (χ0) is 24.3. The van der Waals surface area contributed by atoms with Crippen molar-refractivity contribution in [3.8, 4) is 5.75 Å². The van der Waals surface area contributed by atoms with E-state index >= 15 is 0 Å². The predicted molar refractivity (Wildman–Crippen MR) is 134 cm³/mol. The van der Waals surface area contributed by atoms with Gasteiger partial charge in [-0.3, -0.25) is 14.0 Å². The van der Waals surface area contributed by atoms with E-state index in [1.807, 2.05) is 43.5 Å². The lowest BCUT2D eigenvalue weighted by Crippen LogP contribution is -2.38. The number of carbonyl (C=O) groups is 2. The average molecular weight is 556 g/mol. The number of hydrogen-bond donors (Lipinski definition) is 1. The third-order valence-corrected chi connectivity index (χ3v) is 6.75. The first-order valence-corrected chi connectivity index (χ1v) is 11.9. The topological polar surface area (TPSA) is 75.9 Å². The van der Waals surface area contributed by atoms with E-state index in [-0.39, 0.29) is 30.9 Å². The van der Waals surface area contributed by atoms with E-state index in [1.54, 1.807) is 19.2 Å². The molecule has 0 saturated carbocycles. The summed E-state index contributed by atoms with van der Waals surface area (Å²) in [7, 11) is 1.60. The van der Waals surface area contributed by atoms with Crippen molar-refractivity contribution in [3.63, 3.8) is 0 Å². The number of halogens is 3. The number of hydrogen-bond acceptors (Lipinski definition) is 4. The maximum Gasteiger partial charge on any atom is 0.246 e. The molecule has 0 spiro atoms. The lowest BCUT2D eigenvalue weighted by Gasteiger charge is -2.21. The Morgan fingerprint density at radius 1 is 1.27 bits per heavy atom. The van der Waals surface area contributed by atoms with Crippen molar-refractivity contribution in [3.05, 3.63) is 56.4 Å². The fourth-order valence-electron chi connectivity index (χ4n) is 3.24. The zero-order valence-corrected chi connectivity index (χ0v) is 21.9. The second-order valence-corrected chi connectivity index (χ2v) is 9.57. The molecule has 0 aliphatic carbocycles. The fraction of sp³-hybridized carbons (Fsp3) is 0.348. The highest BCUT2D eigenvalue weighted by Crippen LogP contribution is 2.35. The summed E-state index contributed by atoms with van der Waals surface area (Å²) in [6.07, 6.45) is 2.24. The normalized spacial score (nSPS) is 11.2. The smallest absolute Gasteiger partial charge is 0.246 e. The molecular formula is C23H25BrCl2N4O3. The van der Waals surface area contributed by atoms with Gasteiger partial charge in [-0.05, 0) is 53.0 Å². The SMILES string of the molecule is Cc1nc2c(OCc3c(Cl)ccc(N(C)C(=O)CNC(=O)CC(C)C)c3Cl)cccn2c1Br. The number of ether oxygens (including phenoxy) is 1. The summed E-state index contributed by atoms with van der Waals surface area (Å²) in [5.41, 5.74) is 2.52. The van der Waals surface area contributed by atoms with Gasteiger partial charge in [-0.1, -0.05) is 37.0 Å². The number of fused-ring (bicyclic) bond motifs is 1. The summed E-state index contributed by atoms with van der Waals surface area (Å²) < 4.78 is 8.74. The van der Waals surface area contributed by atoms with Gasteiger partial charge in [-0.15, -0.1) is 0 Å². The quantitative estimate of drug-likeness (QED) is 0.403. The maximum atomic E-state index is 12.6. The molecule has 0 saturated heterocycles. The van der Waals surface area contributed by atoms with Gasteiger partial charge in [0.1, 0.15) is 11.2 Å². The molecule has 2 heterocycles. The van der Waals surface area contributed by atoms with E-state index in [4.69, 9.17) is 27.9 Å². The summed E-state index contributed by atoms with van der Waals surface area (Å²) in [4.78, 5) is 30.4. The summed E-state index contributed by atoms with van der Waals surface area (Å²) >= 11 is 16.5. The Morgan fingerprint density at radius 2 is 2.00 bits per heavy atom. The third-order valence-electron chi connectivity index (χ3n) is 5.02. The number of pyridine rings is 1. The first-order chi connectivity index (χ1) is 15.6. The van der Waals surface area contributed by atoms with Crippen LogP contribution in [0.2, 0.25) is 10.0 Å². The summed E-state index contributed by atoms with van der Waals surface area (Å²) in [6.45, 7) is 5.75. The molecule has 2 amide bonds. The molecule has 33 heavy (non-hydrogen) atoms. The molecule has 7 nitrogen and oxygen atoms in total. The molecule has 1 N–H and O–H groups in total. The van der Waals surface area contributed by atoms with Crippen molar-refractivity contribution in [2.75, 3.05) is 18.5 Å². The van der Waals surface area contributed by atoms with Crippen LogP contribution < -0.4 is 15.0 Å². The van der Waals surface area contributed by atoms with Crippen molar-refractivity contribution in [1.82, 2.24) is 14.7 Å². The molecule has 2 aromatic heterocycles. The Kier molecular flexibility index (Phi) is 8.26. The largest absolute Gasteiger partial charge is 0.485 e. The van der Waals surface area contributed by atoms with Gasteiger partial charge < -0.3 is 15.0 Å². The Bertz CT molecular complexity index is 1200. The first kappa shape index (κ1) is 25.3. The van der Waals surface area contributed by atoms with Crippen LogP contribution in [0.3, 0.4) is 0 Å². The second kappa shape index (κ2) is 10.8. The van der Waals surface area contributed by atoms with Crippen molar-refractivity contribution in [2.45, 2.75) is 33.8 Å². The summed E-state index contributed by atoms with van der Waals surface area (Å²) in [6, 6.07) is 7.00. The van der Waals surface area contributed by atoms with E-state index in [0.29, 0.717) is 39.1 Å². The van der Waals surface area contributed by atoms with Crippen LogP contribution in [-0.2, 0) is 16.2 Å². The highest BCUT2D eigenvalue weighted by atomic mass is 79.9. The van der Waals surface area contributed by atoms with Gasteiger partial charge >= 0.3 is 0 Å². The molecule has 0 radical (unpaired) electrons. The minimum Gasteiger partial charge on any atom is -0.485 e. The van der Waals surface area contributed by atoms with E-state index in [1.165, 1.54) is 4.90 Å². The molecular weight excluding hydrogens is 531 g/mol. The molecule has 0 fully saturated rings. The Morgan fingerprint density at radius 3 is 2.70 bits per heavy atom.